The smallest absolute Gasteiger partial charge is 0.212 e. The molecule has 1 fully saturated rings. The summed E-state index contributed by atoms with van der Waals surface area (Å²) in [6.07, 6.45) is 3.68. The molecule has 0 amide bonds. The number of nitriles is 1. The fourth-order valence-electron chi connectivity index (χ4n) is 2.11. The van der Waals surface area contributed by atoms with Gasteiger partial charge in [0.05, 0.1) is 11.8 Å². The Kier molecular flexibility index (Phi) is 4.34. The van der Waals surface area contributed by atoms with Gasteiger partial charge in [-0.2, -0.15) is 9.98 Å². The molecule has 0 saturated heterocycles. The first-order valence-electron chi connectivity index (χ1n) is 5.86. The molecule has 0 atom stereocenters. The zero-order chi connectivity index (χ0) is 12.2. The third-order valence-electron chi connectivity index (χ3n) is 3.17. The lowest BCUT2D eigenvalue weighted by atomic mass is 9.79. The van der Waals surface area contributed by atoms with Gasteiger partial charge in [0.1, 0.15) is 5.54 Å². The van der Waals surface area contributed by atoms with Crippen molar-refractivity contribution in [1.82, 2.24) is 4.72 Å². The zero-order valence-electron chi connectivity index (χ0n) is 9.99. The molecule has 0 spiro atoms. The maximum Gasteiger partial charge on any atom is 0.212 e. The van der Waals surface area contributed by atoms with E-state index >= 15 is 0 Å². The normalized spacial score (nSPS) is 30.9. The summed E-state index contributed by atoms with van der Waals surface area (Å²) in [6, 6.07) is 2.16. The monoisotopic (exact) mass is 244 g/mol. The Labute approximate surface area is 98.1 Å². The Balaban J connectivity index is 2.73. The van der Waals surface area contributed by atoms with Crippen LogP contribution in [0.5, 0.6) is 0 Å². The summed E-state index contributed by atoms with van der Waals surface area (Å²) >= 11 is 0. The van der Waals surface area contributed by atoms with Crippen molar-refractivity contribution in [3.63, 3.8) is 0 Å². The van der Waals surface area contributed by atoms with Crippen LogP contribution in [0.3, 0.4) is 0 Å². The first kappa shape index (κ1) is 13.5. The van der Waals surface area contributed by atoms with Crippen LogP contribution < -0.4 is 4.72 Å². The number of hydrogen-bond donors (Lipinski definition) is 1. The predicted molar refractivity (Wildman–Crippen MR) is 63.2 cm³/mol. The van der Waals surface area contributed by atoms with Crippen LogP contribution in [-0.2, 0) is 10.0 Å². The number of sulfonamides is 1. The van der Waals surface area contributed by atoms with Gasteiger partial charge in [-0.3, -0.25) is 0 Å². The summed E-state index contributed by atoms with van der Waals surface area (Å²) in [6.45, 7) is 3.96. The van der Waals surface area contributed by atoms with Crippen LogP contribution in [0.25, 0.3) is 0 Å². The highest BCUT2D eigenvalue weighted by Crippen LogP contribution is 2.31. The van der Waals surface area contributed by atoms with Crippen molar-refractivity contribution in [2.45, 2.75) is 51.5 Å². The Bertz CT molecular complexity index is 362. The van der Waals surface area contributed by atoms with E-state index in [1.165, 1.54) is 0 Å². The van der Waals surface area contributed by atoms with Crippen LogP contribution in [0.4, 0.5) is 0 Å². The van der Waals surface area contributed by atoms with Gasteiger partial charge in [-0.05, 0) is 38.0 Å². The third-order valence-corrected chi connectivity index (χ3v) is 4.81. The van der Waals surface area contributed by atoms with Crippen LogP contribution >= 0.6 is 0 Å². The average Bonchev–Trinajstić information content (AvgIpc) is 2.21. The van der Waals surface area contributed by atoms with Gasteiger partial charge in [-0.15, -0.1) is 0 Å². The highest BCUT2D eigenvalue weighted by Gasteiger charge is 2.37. The van der Waals surface area contributed by atoms with E-state index in [2.05, 4.69) is 17.7 Å². The van der Waals surface area contributed by atoms with Crippen LogP contribution in [0.2, 0.25) is 0 Å². The predicted octanol–water partition coefficient (Wildman–Crippen LogP) is 1.79. The minimum absolute atomic E-state index is 0.103. The first-order chi connectivity index (χ1) is 7.43. The summed E-state index contributed by atoms with van der Waals surface area (Å²) in [4.78, 5) is 0. The Morgan fingerprint density at radius 2 is 2.00 bits per heavy atom. The van der Waals surface area contributed by atoms with Crippen LogP contribution in [-0.4, -0.2) is 19.7 Å². The van der Waals surface area contributed by atoms with Gasteiger partial charge in [-0.25, -0.2) is 8.42 Å². The molecule has 0 heterocycles. The van der Waals surface area contributed by atoms with E-state index in [-0.39, 0.29) is 5.75 Å². The van der Waals surface area contributed by atoms with E-state index in [1.807, 2.05) is 6.92 Å². The van der Waals surface area contributed by atoms with Crippen molar-refractivity contribution in [3.8, 4) is 6.07 Å². The molecule has 1 N–H and O–H groups in total. The second kappa shape index (κ2) is 5.15. The van der Waals surface area contributed by atoms with Gasteiger partial charge in [0.2, 0.25) is 10.0 Å². The van der Waals surface area contributed by atoms with Gasteiger partial charge in [0, 0.05) is 0 Å². The third kappa shape index (κ3) is 3.46. The topological polar surface area (TPSA) is 70.0 Å². The van der Waals surface area contributed by atoms with E-state index in [9.17, 15) is 13.7 Å². The second-order valence-corrected chi connectivity index (χ2v) is 6.64. The van der Waals surface area contributed by atoms with Gasteiger partial charge in [0.25, 0.3) is 0 Å². The number of rotatable bonds is 4. The molecular formula is C11H20N2O2S. The van der Waals surface area contributed by atoms with Crippen molar-refractivity contribution in [2.75, 3.05) is 5.75 Å². The molecule has 92 valence electrons. The highest BCUT2D eigenvalue weighted by atomic mass is 32.2. The molecule has 0 radical (unpaired) electrons. The molecule has 1 saturated carbocycles. The summed E-state index contributed by atoms with van der Waals surface area (Å²) in [7, 11) is -3.29. The lowest BCUT2D eigenvalue weighted by Crippen LogP contribution is -2.50. The molecule has 16 heavy (non-hydrogen) atoms. The Morgan fingerprint density at radius 3 is 2.44 bits per heavy atom. The molecule has 0 aliphatic heterocycles. The molecule has 0 unspecified atom stereocenters. The summed E-state index contributed by atoms with van der Waals surface area (Å²) in [5.41, 5.74) is -0.847. The van der Waals surface area contributed by atoms with Crippen molar-refractivity contribution in [3.05, 3.63) is 0 Å². The lowest BCUT2D eigenvalue weighted by Gasteiger charge is -2.33. The first-order valence-corrected chi connectivity index (χ1v) is 7.51. The van der Waals surface area contributed by atoms with Crippen molar-refractivity contribution < 1.29 is 8.42 Å². The molecule has 1 aliphatic carbocycles. The van der Waals surface area contributed by atoms with Crippen molar-refractivity contribution in [2.24, 2.45) is 5.92 Å². The SMILES string of the molecule is CCCS(=O)(=O)NC1(C#N)CCC(C)CC1. The summed E-state index contributed by atoms with van der Waals surface area (Å²) in [5.74, 6) is 0.698. The molecule has 0 aromatic carbocycles. The minimum atomic E-state index is -3.29. The fourth-order valence-corrected chi connectivity index (χ4v) is 3.59. The largest absolute Gasteiger partial charge is 0.212 e. The maximum atomic E-state index is 11.7. The quantitative estimate of drug-likeness (QED) is 0.819. The minimum Gasteiger partial charge on any atom is -0.212 e. The number of nitrogens with one attached hydrogen (secondary N) is 1. The van der Waals surface area contributed by atoms with E-state index < -0.39 is 15.6 Å². The average molecular weight is 244 g/mol. The van der Waals surface area contributed by atoms with E-state index in [0.717, 1.165) is 12.8 Å². The van der Waals surface area contributed by atoms with Gasteiger partial charge < -0.3 is 0 Å². The van der Waals surface area contributed by atoms with E-state index in [0.29, 0.717) is 25.2 Å². The van der Waals surface area contributed by atoms with Crippen LogP contribution in [0.1, 0.15) is 46.0 Å². The maximum absolute atomic E-state index is 11.7. The Hall–Kier alpha value is -0.600. The summed E-state index contributed by atoms with van der Waals surface area (Å²) in [5, 5.41) is 9.18. The van der Waals surface area contributed by atoms with Crippen LogP contribution in [0, 0.1) is 17.2 Å². The lowest BCUT2D eigenvalue weighted by molar-refractivity contribution is 0.278. The van der Waals surface area contributed by atoms with E-state index in [1.54, 1.807) is 0 Å². The second-order valence-electron chi connectivity index (χ2n) is 4.80. The fraction of sp³-hybridized carbons (Fsp3) is 0.909. The number of nitrogens with zero attached hydrogens (tertiary/aromatic N) is 1. The standard InChI is InChI=1S/C11H20N2O2S/c1-3-8-16(14,15)13-11(9-12)6-4-10(2)5-7-11/h10,13H,3-8H2,1-2H3. The Morgan fingerprint density at radius 1 is 1.44 bits per heavy atom. The number of hydrogen-bond acceptors (Lipinski definition) is 3. The van der Waals surface area contributed by atoms with Crippen LogP contribution in [0.15, 0.2) is 0 Å². The molecule has 0 aromatic rings. The van der Waals surface area contributed by atoms with Gasteiger partial charge in [-0.1, -0.05) is 13.8 Å². The van der Waals surface area contributed by atoms with Gasteiger partial charge in [0.15, 0.2) is 0 Å². The van der Waals surface area contributed by atoms with E-state index in [4.69, 9.17) is 0 Å². The highest BCUT2D eigenvalue weighted by molar-refractivity contribution is 7.89. The summed E-state index contributed by atoms with van der Waals surface area (Å²) < 4.78 is 26.0. The van der Waals surface area contributed by atoms with Crippen molar-refractivity contribution >= 4 is 10.0 Å². The molecular weight excluding hydrogens is 224 g/mol. The molecule has 5 heteroatoms. The molecule has 0 bridgehead atoms. The van der Waals surface area contributed by atoms with Gasteiger partial charge >= 0.3 is 0 Å². The molecule has 0 aromatic heterocycles. The van der Waals surface area contributed by atoms with Crippen molar-refractivity contribution in [1.29, 1.82) is 5.26 Å². The molecule has 1 aliphatic rings. The molecule has 4 nitrogen and oxygen atoms in total. The molecule has 1 rings (SSSR count). The zero-order valence-corrected chi connectivity index (χ0v) is 10.8.